The molecule has 0 amide bonds. The minimum Gasteiger partial charge on any atom is -0.314 e. The number of nitrogens with zero attached hydrogens (tertiary/aromatic N) is 2. The first-order valence-corrected chi connectivity index (χ1v) is 5.97. The molecule has 0 radical (unpaired) electrons. The van der Waals surface area contributed by atoms with E-state index in [-0.39, 0.29) is 5.56 Å². The van der Waals surface area contributed by atoms with Gasteiger partial charge in [0.15, 0.2) is 0 Å². The molecule has 1 fully saturated rings. The molecule has 1 aliphatic heterocycles. The fourth-order valence-corrected chi connectivity index (χ4v) is 2.17. The van der Waals surface area contributed by atoms with E-state index in [0.29, 0.717) is 12.6 Å². The summed E-state index contributed by atoms with van der Waals surface area (Å²) in [6.45, 7) is 8.97. The van der Waals surface area contributed by atoms with Gasteiger partial charge in [0.1, 0.15) is 0 Å². The van der Waals surface area contributed by atoms with E-state index in [1.807, 2.05) is 6.92 Å². The molecule has 5 heteroatoms. The van der Waals surface area contributed by atoms with Crippen LogP contribution >= 0.6 is 0 Å². The zero-order valence-electron chi connectivity index (χ0n) is 9.99. The van der Waals surface area contributed by atoms with Crippen LogP contribution in [-0.4, -0.2) is 40.9 Å². The van der Waals surface area contributed by atoms with Crippen molar-refractivity contribution in [1.82, 2.24) is 20.0 Å². The molecule has 0 aliphatic carbocycles. The minimum absolute atomic E-state index is 0.0690. The van der Waals surface area contributed by atoms with Crippen molar-refractivity contribution in [2.75, 3.05) is 26.2 Å². The van der Waals surface area contributed by atoms with E-state index in [0.717, 1.165) is 31.9 Å². The van der Waals surface area contributed by atoms with E-state index in [2.05, 4.69) is 22.2 Å². The first-order chi connectivity index (χ1) is 7.72. The van der Waals surface area contributed by atoms with Gasteiger partial charge in [-0.1, -0.05) is 0 Å². The molecule has 2 heterocycles. The Kier molecular flexibility index (Phi) is 3.46. The molecular weight excluding hydrogens is 204 g/mol. The fourth-order valence-electron chi connectivity index (χ4n) is 2.17. The summed E-state index contributed by atoms with van der Waals surface area (Å²) in [5.74, 6) is 0. The Morgan fingerprint density at radius 3 is 2.69 bits per heavy atom. The highest BCUT2D eigenvalue weighted by atomic mass is 16.1. The van der Waals surface area contributed by atoms with Crippen LogP contribution in [-0.2, 0) is 6.54 Å². The lowest BCUT2D eigenvalue weighted by molar-refractivity contribution is 0.182. The van der Waals surface area contributed by atoms with Crippen molar-refractivity contribution in [3.05, 3.63) is 22.1 Å². The van der Waals surface area contributed by atoms with Crippen molar-refractivity contribution in [3.8, 4) is 0 Å². The maximum absolute atomic E-state index is 11.6. The number of rotatable bonds is 3. The van der Waals surface area contributed by atoms with Crippen LogP contribution < -0.4 is 10.9 Å². The van der Waals surface area contributed by atoms with Crippen molar-refractivity contribution in [3.63, 3.8) is 0 Å². The van der Waals surface area contributed by atoms with Gasteiger partial charge in [0.25, 0.3) is 5.56 Å². The second-order valence-electron chi connectivity index (χ2n) is 4.26. The molecule has 1 aromatic rings. The van der Waals surface area contributed by atoms with Crippen LogP contribution in [0.25, 0.3) is 0 Å². The van der Waals surface area contributed by atoms with Crippen LogP contribution in [0.4, 0.5) is 0 Å². The van der Waals surface area contributed by atoms with Crippen LogP contribution in [0.5, 0.6) is 0 Å². The molecule has 1 aromatic heterocycles. The smallest absolute Gasteiger partial charge is 0.266 e. The maximum Gasteiger partial charge on any atom is 0.266 e. The van der Waals surface area contributed by atoms with Crippen LogP contribution in [0.15, 0.2) is 10.9 Å². The summed E-state index contributed by atoms with van der Waals surface area (Å²) in [5, 5.41) is 6.50. The highest BCUT2D eigenvalue weighted by molar-refractivity contribution is 5.05. The number of aromatic amines is 1. The van der Waals surface area contributed by atoms with E-state index >= 15 is 0 Å². The Bertz CT molecular complexity index is 389. The lowest BCUT2D eigenvalue weighted by atomic mass is 10.2. The second kappa shape index (κ2) is 4.84. The van der Waals surface area contributed by atoms with E-state index < -0.39 is 0 Å². The average Bonchev–Trinajstić information content (AvgIpc) is 2.71. The standard InChI is InChI=1S/C11H20N4O/c1-3-15-11(16)8-10(13-15)9(2)14-6-4-12-5-7-14/h8-9,12-13H,3-7H2,1-2H3. The van der Waals surface area contributed by atoms with Crippen LogP contribution in [0.3, 0.4) is 0 Å². The molecule has 90 valence electrons. The predicted molar refractivity (Wildman–Crippen MR) is 63.6 cm³/mol. The van der Waals surface area contributed by atoms with Gasteiger partial charge in [-0.25, -0.2) is 0 Å². The van der Waals surface area contributed by atoms with Crippen molar-refractivity contribution in [2.24, 2.45) is 0 Å². The van der Waals surface area contributed by atoms with E-state index in [9.17, 15) is 4.79 Å². The van der Waals surface area contributed by atoms with Gasteiger partial charge in [-0.3, -0.25) is 19.5 Å². The summed E-state index contributed by atoms with van der Waals surface area (Å²) in [4.78, 5) is 13.9. The molecule has 1 atom stereocenters. The summed E-state index contributed by atoms with van der Waals surface area (Å²) in [5.41, 5.74) is 1.09. The molecular formula is C11H20N4O. The number of aryl methyl sites for hydroxylation is 1. The Morgan fingerprint density at radius 1 is 1.44 bits per heavy atom. The average molecular weight is 224 g/mol. The van der Waals surface area contributed by atoms with Gasteiger partial charge < -0.3 is 5.32 Å². The Hall–Kier alpha value is -1.07. The summed E-state index contributed by atoms with van der Waals surface area (Å²) in [6.07, 6.45) is 0. The Labute approximate surface area is 95.4 Å². The number of nitrogens with one attached hydrogen (secondary N) is 2. The van der Waals surface area contributed by atoms with E-state index in [1.54, 1.807) is 10.7 Å². The van der Waals surface area contributed by atoms with Crippen molar-refractivity contribution < 1.29 is 0 Å². The van der Waals surface area contributed by atoms with Crippen LogP contribution in [0.2, 0.25) is 0 Å². The monoisotopic (exact) mass is 224 g/mol. The zero-order chi connectivity index (χ0) is 11.5. The van der Waals surface area contributed by atoms with Gasteiger partial charge in [-0.05, 0) is 13.8 Å². The lowest BCUT2D eigenvalue weighted by Crippen LogP contribution is -2.44. The summed E-state index contributed by atoms with van der Waals surface area (Å²) in [6, 6.07) is 2.01. The van der Waals surface area contributed by atoms with Gasteiger partial charge in [0.2, 0.25) is 0 Å². The summed E-state index contributed by atoms with van der Waals surface area (Å²) in [7, 11) is 0. The third kappa shape index (κ3) is 2.20. The minimum atomic E-state index is 0.0690. The normalized spacial score (nSPS) is 19.9. The van der Waals surface area contributed by atoms with Crippen LogP contribution in [0, 0.1) is 0 Å². The number of hydrogen-bond acceptors (Lipinski definition) is 3. The lowest BCUT2D eigenvalue weighted by Gasteiger charge is -2.32. The molecule has 1 aliphatic rings. The molecule has 0 bridgehead atoms. The van der Waals surface area contributed by atoms with Gasteiger partial charge >= 0.3 is 0 Å². The van der Waals surface area contributed by atoms with Crippen LogP contribution in [0.1, 0.15) is 25.6 Å². The third-order valence-electron chi connectivity index (χ3n) is 3.27. The molecule has 0 aromatic carbocycles. The number of H-pyrrole nitrogens is 1. The summed E-state index contributed by atoms with van der Waals surface area (Å²) >= 11 is 0. The zero-order valence-corrected chi connectivity index (χ0v) is 9.99. The molecule has 1 saturated heterocycles. The topological polar surface area (TPSA) is 53.1 Å². The molecule has 0 spiro atoms. The molecule has 5 nitrogen and oxygen atoms in total. The number of hydrogen-bond donors (Lipinski definition) is 2. The van der Waals surface area contributed by atoms with E-state index in [4.69, 9.17) is 0 Å². The third-order valence-corrected chi connectivity index (χ3v) is 3.27. The molecule has 1 unspecified atom stereocenters. The highest BCUT2D eigenvalue weighted by Gasteiger charge is 2.19. The Balaban J connectivity index is 2.12. The second-order valence-corrected chi connectivity index (χ2v) is 4.26. The fraction of sp³-hybridized carbons (Fsp3) is 0.727. The van der Waals surface area contributed by atoms with Crippen molar-refractivity contribution >= 4 is 0 Å². The number of aromatic nitrogens is 2. The van der Waals surface area contributed by atoms with Gasteiger partial charge in [0, 0.05) is 44.8 Å². The maximum atomic E-state index is 11.6. The first-order valence-electron chi connectivity index (χ1n) is 5.97. The Morgan fingerprint density at radius 2 is 2.12 bits per heavy atom. The van der Waals surface area contributed by atoms with E-state index in [1.165, 1.54) is 0 Å². The number of piperazine rings is 1. The van der Waals surface area contributed by atoms with Gasteiger partial charge in [0.05, 0.1) is 5.69 Å². The first kappa shape index (κ1) is 11.4. The molecule has 2 rings (SSSR count). The molecule has 16 heavy (non-hydrogen) atoms. The highest BCUT2D eigenvalue weighted by Crippen LogP contribution is 2.16. The largest absolute Gasteiger partial charge is 0.314 e. The quantitative estimate of drug-likeness (QED) is 0.769. The summed E-state index contributed by atoms with van der Waals surface area (Å²) < 4.78 is 1.65. The predicted octanol–water partition coefficient (Wildman–Crippen LogP) is 0.162. The van der Waals surface area contributed by atoms with Crippen molar-refractivity contribution in [2.45, 2.75) is 26.4 Å². The van der Waals surface area contributed by atoms with Crippen molar-refractivity contribution in [1.29, 1.82) is 0 Å². The van der Waals surface area contributed by atoms with Gasteiger partial charge in [-0.15, -0.1) is 0 Å². The van der Waals surface area contributed by atoms with Gasteiger partial charge in [-0.2, -0.15) is 0 Å². The SMILES string of the molecule is CCn1[nH]c(C(C)N2CCNCC2)cc1=O. The molecule has 0 saturated carbocycles. The molecule has 2 N–H and O–H groups in total.